The average Bonchev–Trinajstić information content (AvgIpc) is 2.27. The first-order valence-electron chi connectivity index (χ1n) is 5.38. The van der Waals surface area contributed by atoms with Gasteiger partial charge in [-0.05, 0) is 19.9 Å². The molecule has 0 aliphatic carbocycles. The van der Waals surface area contributed by atoms with Gasteiger partial charge in [0.1, 0.15) is 11.4 Å². The predicted octanol–water partition coefficient (Wildman–Crippen LogP) is 2.57. The Kier molecular flexibility index (Phi) is 4.68. The van der Waals surface area contributed by atoms with Crippen LogP contribution >= 0.6 is 0 Å². The van der Waals surface area contributed by atoms with Crippen LogP contribution in [0, 0.1) is 21.7 Å². The molecule has 0 saturated carbocycles. The molecule has 0 aliphatic heterocycles. The number of rotatable bonds is 4. The van der Waals surface area contributed by atoms with Gasteiger partial charge in [-0.1, -0.05) is 11.6 Å². The Labute approximate surface area is 108 Å². The highest BCUT2D eigenvalue weighted by Gasteiger charge is 2.25. The van der Waals surface area contributed by atoms with E-state index in [0.29, 0.717) is 12.1 Å². The number of nitrogens with zero attached hydrogens (tertiary/aromatic N) is 1. The lowest BCUT2D eigenvalue weighted by molar-refractivity contribution is -0.387. The Morgan fingerprint density at radius 2 is 2.05 bits per heavy atom. The van der Waals surface area contributed by atoms with Crippen molar-refractivity contribution in [1.82, 2.24) is 5.32 Å². The van der Waals surface area contributed by atoms with E-state index in [4.69, 9.17) is 0 Å². The summed E-state index contributed by atoms with van der Waals surface area (Å²) in [5.74, 6) is -3.64. The Balaban J connectivity index is 3.05. The van der Waals surface area contributed by atoms with E-state index in [9.17, 15) is 23.7 Å². The molecule has 0 atom stereocenters. The monoisotopic (exact) mass is 270 g/mol. The number of carbonyl (C=O) groups is 1. The maximum absolute atomic E-state index is 13.7. The van der Waals surface area contributed by atoms with Crippen LogP contribution < -0.4 is 5.32 Å². The number of nitrogens with one attached hydrogen (secondary N) is 1. The second kappa shape index (κ2) is 6.03. The number of hydrogen-bond acceptors (Lipinski definition) is 3. The number of benzene rings is 1. The van der Waals surface area contributed by atoms with Gasteiger partial charge in [0.2, 0.25) is 5.82 Å². The fraction of sp³-hybridized carbons (Fsp3) is 0.250. The minimum absolute atomic E-state index is 0.0861. The number of amides is 1. The normalized spacial score (nSPS) is 9.89. The molecule has 5 nitrogen and oxygen atoms in total. The standard InChI is InChI=1S/C12H12F2N2O3/c1-7(2)5-6-15-12(17)10-8(13)3-4-9(11(10)14)16(18)19/h3-5H,6H2,1-2H3,(H,15,17). The third-order valence-electron chi connectivity index (χ3n) is 2.27. The summed E-state index contributed by atoms with van der Waals surface area (Å²) in [5, 5.41) is 12.8. The van der Waals surface area contributed by atoms with Crippen LogP contribution in [0.1, 0.15) is 24.2 Å². The van der Waals surface area contributed by atoms with Crippen molar-refractivity contribution in [3.63, 3.8) is 0 Å². The lowest BCUT2D eigenvalue weighted by Crippen LogP contribution is -2.26. The molecule has 7 heteroatoms. The van der Waals surface area contributed by atoms with Crippen molar-refractivity contribution in [2.75, 3.05) is 6.54 Å². The maximum Gasteiger partial charge on any atom is 0.305 e. The van der Waals surface area contributed by atoms with Gasteiger partial charge in [-0.2, -0.15) is 4.39 Å². The van der Waals surface area contributed by atoms with E-state index in [1.165, 1.54) is 0 Å². The summed E-state index contributed by atoms with van der Waals surface area (Å²) in [6.07, 6.45) is 1.64. The zero-order valence-corrected chi connectivity index (χ0v) is 10.4. The summed E-state index contributed by atoms with van der Waals surface area (Å²) < 4.78 is 27.1. The van der Waals surface area contributed by atoms with E-state index in [1.807, 2.05) is 0 Å². The van der Waals surface area contributed by atoms with Gasteiger partial charge < -0.3 is 5.32 Å². The molecule has 19 heavy (non-hydrogen) atoms. The lowest BCUT2D eigenvalue weighted by atomic mass is 10.1. The zero-order chi connectivity index (χ0) is 14.6. The molecule has 102 valence electrons. The second-order valence-electron chi connectivity index (χ2n) is 4.00. The molecule has 1 rings (SSSR count). The van der Waals surface area contributed by atoms with Crippen molar-refractivity contribution >= 4 is 11.6 Å². The molecule has 0 unspecified atom stereocenters. The van der Waals surface area contributed by atoms with Crippen LogP contribution in [0.5, 0.6) is 0 Å². The smallest absolute Gasteiger partial charge is 0.305 e. The second-order valence-corrected chi connectivity index (χ2v) is 4.00. The maximum atomic E-state index is 13.7. The van der Waals surface area contributed by atoms with Crippen molar-refractivity contribution in [1.29, 1.82) is 0 Å². The quantitative estimate of drug-likeness (QED) is 0.519. The topological polar surface area (TPSA) is 72.2 Å². The first-order valence-corrected chi connectivity index (χ1v) is 5.38. The van der Waals surface area contributed by atoms with Crippen LogP contribution in [0.25, 0.3) is 0 Å². The largest absolute Gasteiger partial charge is 0.348 e. The van der Waals surface area contributed by atoms with Gasteiger partial charge in [-0.15, -0.1) is 0 Å². The Morgan fingerprint density at radius 3 is 2.58 bits per heavy atom. The number of allylic oxidation sites excluding steroid dienone is 1. The highest BCUT2D eigenvalue weighted by molar-refractivity contribution is 5.95. The molecule has 0 spiro atoms. The minimum atomic E-state index is -1.47. The molecule has 0 aromatic heterocycles. The molecule has 1 amide bonds. The van der Waals surface area contributed by atoms with Crippen molar-refractivity contribution in [3.8, 4) is 0 Å². The first-order chi connectivity index (χ1) is 8.84. The van der Waals surface area contributed by atoms with Gasteiger partial charge in [-0.25, -0.2) is 4.39 Å². The number of hydrogen-bond donors (Lipinski definition) is 1. The summed E-state index contributed by atoms with van der Waals surface area (Å²) in [5.41, 5.74) is -0.967. The zero-order valence-electron chi connectivity index (χ0n) is 10.4. The fourth-order valence-corrected chi connectivity index (χ4v) is 1.33. The Bertz CT molecular complexity index is 552. The minimum Gasteiger partial charge on any atom is -0.348 e. The molecular formula is C12H12F2N2O3. The van der Waals surface area contributed by atoms with Crippen molar-refractivity contribution < 1.29 is 18.5 Å². The van der Waals surface area contributed by atoms with E-state index in [0.717, 1.165) is 5.57 Å². The van der Waals surface area contributed by atoms with E-state index < -0.39 is 33.7 Å². The predicted molar refractivity (Wildman–Crippen MR) is 64.8 cm³/mol. The number of halogens is 2. The van der Waals surface area contributed by atoms with Gasteiger partial charge >= 0.3 is 5.69 Å². The summed E-state index contributed by atoms with van der Waals surface area (Å²) >= 11 is 0. The number of nitro benzene ring substituents is 1. The van der Waals surface area contributed by atoms with Crippen LogP contribution in [0.3, 0.4) is 0 Å². The van der Waals surface area contributed by atoms with E-state index in [-0.39, 0.29) is 6.54 Å². The number of carbonyl (C=O) groups excluding carboxylic acids is 1. The van der Waals surface area contributed by atoms with Crippen LogP contribution in [0.15, 0.2) is 23.8 Å². The van der Waals surface area contributed by atoms with Crippen LogP contribution in [0.2, 0.25) is 0 Å². The molecule has 0 fully saturated rings. The summed E-state index contributed by atoms with van der Waals surface area (Å²) in [6.45, 7) is 3.67. The first kappa shape index (κ1) is 14.7. The SMILES string of the molecule is CC(C)=CCNC(=O)c1c(F)ccc([N+](=O)[O-])c1F. The highest BCUT2D eigenvalue weighted by atomic mass is 19.1. The van der Waals surface area contributed by atoms with E-state index in [1.54, 1.807) is 19.9 Å². The van der Waals surface area contributed by atoms with Crippen molar-refractivity contribution in [2.45, 2.75) is 13.8 Å². The molecule has 0 heterocycles. The molecule has 0 bridgehead atoms. The van der Waals surface area contributed by atoms with Crippen molar-refractivity contribution in [2.24, 2.45) is 0 Å². The van der Waals surface area contributed by atoms with Crippen molar-refractivity contribution in [3.05, 3.63) is 51.1 Å². The molecule has 0 saturated heterocycles. The molecular weight excluding hydrogens is 258 g/mol. The number of nitro groups is 1. The summed E-state index contributed by atoms with van der Waals surface area (Å²) in [6, 6.07) is 1.37. The van der Waals surface area contributed by atoms with E-state index in [2.05, 4.69) is 5.32 Å². The highest BCUT2D eigenvalue weighted by Crippen LogP contribution is 2.22. The summed E-state index contributed by atoms with van der Waals surface area (Å²) in [7, 11) is 0. The molecule has 0 aliphatic rings. The van der Waals surface area contributed by atoms with Gasteiger partial charge in [0.05, 0.1) is 4.92 Å². The molecule has 0 radical (unpaired) electrons. The van der Waals surface area contributed by atoms with Gasteiger partial charge in [0.25, 0.3) is 5.91 Å². The van der Waals surface area contributed by atoms with Crippen LogP contribution in [0.4, 0.5) is 14.5 Å². The van der Waals surface area contributed by atoms with Gasteiger partial charge in [0.15, 0.2) is 0 Å². The Hall–Kier alpha value is -2.31. The third kappa shape index (κ3) is 3.57. The molecule has 1 aromatic rings. The van der Waals surface area contributed by atoms with Crippen LogP contribution in [-0.2, 0) is 0 Å². The molecule has 1 aromatic carbocycles. The molecule has 1 N–H and O–H groups in total. The van der Waals surface area contributed by atoms with Crippen LogP contribution in [-0.4, -0.2) is 17.4 Å². The fourth-order valence-electron chi connectivity index (χ4n) is 1.33. The van der Waals surface area contributed by atoms with E-state index >= 15 is 0 Å². The Morgan fingerprint density at radius 1 is 1.42 bits per heavy atom. The average molecular weight is 270 g/mol. The van der Waals surface area contributed by atoms with Gasteiger partial charge in [0, 0.05) is 12.6 Å². The van der Waals surface area contributed by atoms with Gasteiger partial charge in [-0.3, -0.25) is 14.9 Å². The third-order valence-corrected chi connectivity index (χ3v) is 2.27. The summed E-state index contributed by atoms with van der Waals surface area (Å²) in [4.78, 5) is 21.1. The lowest BCUT2D eigenvalue weighted by Gasteiger charge is -2.05.